The third-order valence-corrected chi connectivity index (χ3v) is 9.95. The number of nitrogens with zero attached hydrogens (tertiary/aromatic N) is 2. The van der Waals surface area contributed by atoms with Gasteiger partial charge in [-0.2, -0.15) is 0 Å². The van der Waals surface area contributed by atoms with E-state index in [1.54, 1.807) is 0 Å². The highest BCUT2D eigenvalue weighted by Gasteiger charge is 2.36. The molecule has 1 aliphatic carbocycles. The summed E-state index contributed by atoms with van der Waals surface area (Å²) in [5.74, 6) is 0. The molecule has 224 valence electrons. The molecule has 0 fully saturated rings. The van der Waals surface area contributed by atoms with E-state index in [0.717, 1.165) is 17.1 Å². The Morgan fingerprint density at radius 3 is 1.83 bits per heavy atom. The summed E-state index contributed by atoms with van der Waals surface area (Å²) in [6, 6.07) is 61.9. The first-order valence-corrected chi connectivity index (χ1v) is 16.4. The fourth-order valence-electron chi connectivity index (χ4n) is 7.59. The van der Waals surface area contributed by atoms with Crippen LogP contribution in [-0.2, 0) is 5.41 Å². The van der Waals surface area contributed by atoms with Gasteiger partial charge in [0.25, 0.3) is 0 Å². The van der Waals surface area contributed by atoms with Gasteiger partial charge in [0.05, 0.1) is 11.2 Å². The molecule has 0 spiro atoms. The number of benzene rings is 7. The van der Waals surface area contributed by atoms with Crippen LogP contribution in [0.5, 0.6) is 0 Å². The molecule has 0 radical (unpaired) electrons. The average Bonchev–Trinajstić information content (AvgIpc) is 3.62. The van der Waals surface area contributed by atoms with Gasteiger partial charge in [0.2, 0.25) is 0 Å². The lowest BCUT2D eigenvalue weighted by atomic mass is 9.82. The molecule has 0 saturated heterocycles. The lowest BCUT2D eigenvalue weighted by molar-refractivity contribution is 0.660. The van der Waals surface area contributed by atoms with E-state index in [2.05, 4.69) is 193 Å². The van der Waals surface area contributed by atoms with Crippen LogP contribution in [0.25, 0.3) is 49.7 Å². The highest BCUT2D eigenvalue weighted by molar-refractivity contribution is 5.92. The van der Waals surface area contributed by atoms with Crippen molar-refractivity contribution in [2.45, 2.75) is 19.3 Å². The molecule has 0 amide bonds. The SMILES string of the molecule is CC1(C)c2cc(N(c3ccccc3)c3ccc4ccccc4c3)ccc2-c2ccc(-n3c(-c4ccccc4)cc4ccccc43)cc21. The number of rotatable bonds is 5. The van der Waals surface area contributed by atoms with Crippen LogP contribution in [0.4, 0.5) is 17.1 Å². The van der Waals surface area contributed by atoms with Gasteiger partial charge in [-0.1, -0.05) is 123 Å². The van der Waals surface area contributed by atoms with Gasteiger partial charge < -0.3 is 9.47 Å². The average molecular weight is 603 g/mol. The van der Waals surface area contributed by atoms with Gasteiger partial charge in [0, 0.05) is 33.6 Å². The van der Waals surface area contributed by atoms with E-state index in [1.807, 2.05) is 0 Å². The van der Waals surface area contributed by atoms with Crippen molar-refractivity contribution < 1.29 is 0 Å². The minimum Gasteiger partial charge on any atom is -0.310 e. The zero-order valence-corrected chi connectivity index (χ0v) is 26.6. The second-order valence-electron chi connectivity index (χ2n) is 13.1. The van der Waals surface area contributed by atoms with Crippen LogP contribution >= 0.6 is 0 Å². The van der Waals surface area contributed by atoms with E-state index >= 15 is 0 Å². The number of hydrogen-bond donors (Lipinski definition) is 0. The lowest BCUT2D eigenvalue weighted by Crippen LogP contribution is -2.17. The third-order valence-electron chi connectivity index (χ3n) is 9.95. The molecule has 2 nitrogen and oxygen atoms in total. The Morgan fingerprint density at radius 1 is 0.447 bits per heavy atom. The second kappa shape index (κ2) is 10.6. The molecule has 0 saturated carbocycles. The summed E-state index contributed by atoms with van der Waals surface area (Å²) in [5, 5.41) is 3.73. The Balaban J connectivity index is 1.18. The van der Waals surface area contributed by atoms with Crippen molar-refractivity contribution in [3.8, 4) is 28.1 Å². The van der Waals surface area contributed by atoms with E-state index in [1.165, 1.54) is 60.9 Å². The molecule has 47 heavy (non-hydrogen) atoms. The van der Waals surface area contributed by atoms with Crippen molar-refractivity contribution in [3.63, 3.8) is 0 Å². The van der Waals surface area contributed by atoms with Crippen LogP contribution in [0.3, 0.4) is 0 Å². The molecule has 0 aliphatic heterocycles. The van der Waals surface area contributed by atoms with Crippen molar-refractivity contribution in [1.82, 2.24) is 4.57 Å². The van der Waals surface area contributed by atoms with Crippen LogP contribution in [0, 0.1) is 0 Å². The Bertz CT molecular complexity index is 2430. The molecule has 0 atom stereocenters. The first-order valence-electron chi connectivity index (χ1n) is 16.4. The van der Waals surface area contributed by atoms with Crippen molar-refractivity contribution in [2.75, 3.05) is 4.90 Å². The standard InChI is InChI=1S/C45H34N2/c1-45(2)41-29-37(46(35-18-7-4-8-19-35)36-22-21-31-13-9-10-16-33(31)27-36)23-25-39(41)40-26-24-38(30-42(40)45)47-43-20-12-11-17-34(43)28-44(47)32-14-5-3-6-15-32/h3-30H,1-2H3. The van der Waals surface area contributed by atoms with Crippen molar-refractivity contribution in [2.24, 2.45) is 0 Å². The number of aromatic nitrogens is 1. The highest BCUT2D eigenvalue weighted by atomic mass is 15.1. The molecule has 8 aromatic rings. The topological polar surface area (TPSA) is 8.17 Å². The fourth-order valence-corrected chi connectivity index (χ4v) is 7.59. The summed E-state index contributed by atoms with van der Waals surface area (Å²) in [5.41, 5.74) is 13.4. The monoisotopic (exact) mass is 602 g/mol. The fraction of sp³-hybridized carbons (Fsp3) is 0.0667. The molecule has 1 aliphatic rings. The van der Waals surface area contributed by atoms with Crippen LogP contribution in [0.1, 0.15) is 25.0 Å². The van der Waals surface area contributed by atoms with E-state index in [-0.39, 0.29) is 5.41 Å². The first kappa shape index (κ1) is 27.5. The Kier molecular flexibility index (Phi) is 6.20. The van der Waals surface area contributed by atoms with E-state index in [0.29, 0.717) is 0 Å². The zero-order valence-electron chi connectivity index (χ0n) is 26.6. The predicted molar refractivity (Wildman–Crippen MR) is 198 cm³/mol. The summed E-state index contributed by atoms with van der Waals surface area (Å²) >= 11 is 0. The molecule has 1 aromatic heterocycles. The second-order valence-corrected chi connectivity index (χ2v) is 13.1. The molecule has 9 rings (SSSR count). The molecular weight excluding hydrogens is 569 g/mol. The van der Waals surface area contributed by atoms with E-state index in [4.69, 9.17) is 0 Å². The molecular formula is C45H34N2. The minimum absolute atomic E-state index is 0.182. The Hall–Kier alpha value is -5.86. The maximum Gasteiger partial charge on any atom is 0.0540 e. The first-order chi connectivity index (χ1) is 23.1. The highest BCUT2D eigenvalue weighted by Crippen LogP contribution is 2.51. The van der Waals surface area contributed by atoms with Gasteiger partial charge in [0.15, 0.2) is 0 Å². The maximum atomic E-state index is 2.42. The molecule has 0 bridgehead atoms. The Morgan fingerprint density at radius 2 is 1.04 bits per heavy atom. The van der Waals surface area contributed by atoms with E-state index < -0.39 is 0 Å². The molecule has 2 heteroatoms. The summed E-state index contributed by atoms with van der Waals surface area (Å²) in [6.45, 7) is 4.75. The number of fused-ring (bicyclic) bond motifs is 5. The van der Waals surface area contributed by atoms with Gasteiger partial charge in [0.1, 0.15) is 0 Å². The van der Waals surface area contributed by atoms with Crippen LogP contribution in [0.15, 0.2) is 170 Å². The van der Waals surface area contributed by atoms with Crippen LogP contribution in [0.2, 0.25) is 0 Å². The zero-order chi connectivity index (χ0) is 31.5. The lowest BCUT2D eigenvalue weighted by Gasteiger charge is -2.28. The summed E-state index contributed by atoms with van der Waals surface area (Å²) < 4.78 is 2.42. The van der Waals surface area contributed by atoms with Crippen molar-refractivity contribution >= 4 is 38.7 Å². The minimum atomic E-state index is -0.182. The van der Waals surface area contributed by atoms with Crippen molar-refractivity contribution in [1.29, 1.82) is 0 Å². The normalized spacial score (nSPS) is 13.1. The number of hydrogen-bond acceptors (Lipinski definition) is 1. The molecule has 1 heterocycles. The third kappa shape index (κ3) is 4.40. The molecule has 0 unspecified atom stereocenters. The van der Waals surface area contributed by atoms with Gasteiger partial charge in [-0.25, -0.2) is 0 Å². The number of anilines is 3. The smallest absolute Gasteiger partial charge is 0.0540 e. The van der Waals surface area contributed by atoms with Crippen LogP contribution in [-0.4, -0.2) is 4.57 Å². The van der Waals surface area contributed by atoms with E-state index in [9.17, 15) is 0 Å². The van der Waals surface area contributed by atoms with Gasteiger partial charge in [-0.3, -0.25) is 0 Å². The quantitative estimate of drug-likeness (QED) is 0.190. The molecule has 7 aromatic carbocycles. The number of para-hydroxylation sites is 2. The van der Waals surface area contributed by atoms with Gasteiger partial charge in [-0.05, 0) is 99.3 Å². The Labute approximate surface area is 275 Å². The molecule has 0 N–H and O–H groups in total. The maximum absolute atomic E-state index is 2.42. The summed E-state index contributed by atoms with van der Waals surface area (Å²) in [6.07, 6.45) is 0. The van der Waals surface area contributed by atoms with Crippen LogP contribution < -0.4 is 4.90 Å². The summed E-state index contributed by atoms with van der Waals surface area (Å²) in [4.78, 5) is 2.38. The van der Waals surface area contributed by atoms with Gasteiger partial charge in [-0.15, -0.1) is 0 Å². The largest absolute Gasteiger partial charge is 0.310 e. The summed E-state index contributed by atoms with van der Waals surface area (Å²) in [7, 11) is 0. The van der Waals surface area contributed by atoms with Crippen molar-refractivity contribution in [3.05, 3.63) is 181 Å². The van der Waals surface area contributed by atoms with Gasteiger partial charge >= 0.3 is 0 Å². The predicted octanol–water partition coefficient (Wildman–Crippen LogP) is 12.2.